The van der Waals surface area contributed by atoms with Crippen LogP contribution in [0, 0.1) is 0 Å². The van der Waals surface area contributed by atoms with Crippen molar-refractivity contribution in [2.75, 3.05) is 37.4 Å². The molecule has 0 atom stereocenters. The van der Waals surface area contributed by atoms with Crippen LogP contribution in [0.4, 0.5) is 5.69 Å². The summed E-state index contributed by atoms with van der Waals surface area (Å²) in [6.07, 6.45) is 0. The van der Waals surface area contributed by atoms with E-state index in [1.807, 2.05) is 42.5 Å². The first-order chi connectivity index (χ1) is 14.2. The Morgan fingerprint density at radius 2 is 1.93 bits per heavy atom. The lowest BCUT2D eigenvalue weighted by atomic mass is 10.1. The molecule has 4 rings (SSSR count). The maximum Gasteiger partial charge on any atom is 0.234 e. The average molecular weight is 412 g/mol. The molecule has 2 heterocycles. The van der Waals surface area contributed by atoms with Crippen LogP contribution in [0.15, 0.2) is 47.6 Å². The summed E-state index contributed by atoms with van der Waals surface area (Å²) in [6.45, 7) is 6.95. The van der Waals surface area contributed by atoms with Crippen molar-refractivity contribution in [2.45, 2.75) is 25.2 Å². The number of benzene rings is 2. The topological polar surface area (TPSA) is 72.3 Å². The first kappa shape index (κ1) is 19.9. The quantitative estimate of drug-likeness (QED) is 0.603. The van der Waals surface area contributed by atoms with Crippen molar-refractivity contribution in [1.29, 1.82) is 0 Å². The molecule has 1 saturated heterocycles. The normalized spacial score (nSPS) is 14.9. The summed E-state index contributed by atoms with van der Waals surface area (Å²) in [7, 11) is 0. The smallest absolute Gasteiger partial charge is 0.234 e. The van der Waals surface area contributed by atoms with Crippen LogP contribution < -0.4 is 5.32 Å². The number of aromatic nitrogens is 3. The summed E-state index contributed by atoms with van der Waals surface area (Å²) >= 11 is 1.42. The van der Waals surface area contributed by atoms with Crippen molar-refractivity contribution in [1.82, 2.24) is 19.7 Å². The molecular weight excluding hydrogens is 386 g/mol. The van der Waals surface area contributed by atoms with E-state index in [1.165, 1.54) is 11.8 Å². The lowest BCUT2D eigenvalue weighted by Gasteiger charge is -2.26. The van der Waals surface area contributed by atoms with E-state index in [0.717, 1.165) is 66.8 Å². The van der Waals surface area contributed by atoms with Crippen molar-refractivity contribution in [3.05, 3.63) is 48.3 Å². The molecule has 1 N–H and O–H groups in total. The molecule has 8 heteroatoms. The molecular formula is C21H25N5O2S. The molecule has 0 unspecified atom stereocenters. The highest BCUT2D eigenvalue weighted by Gasteiger charge is 2.18. The highest BCUT2D eigenvalue weighted by molar-refractivity contribution is 7.99. The Balaban J connectivity index is 1.38. The lowest BCUT2D eigenvalue weighted by molar-refractivity contribution is -0.113. The predicted molar refractivity (Wildman–Crippen MR) is 115 cm³/mol. The van der Waals surface area contributed by atoms with Crippen molar-refractivity contribution in [2.24, 2.45) is 0 Å². The molecule has 0 saturated carbocycles. The van der Waals surface area contributed by atoms with Gasteiger partial charge in [-0.25, -0.2) is 0 Å². The molecule has 3 aromatic rings. The molecule has 1 fully saturated rings. The van der Waals surface area contributed by atoms with E-state index >= 15 is 0 Å². The van der Waals surface area contributed by atoms with Gasteiger partial charge in [0.15, 0.2) is 5.16 Å². The van der Waals surface area contributed by atoms with E-state index < -0.39 is 0 Å². The maximum absolute atomic E-state index is 12.5. The number of morpholine rings is 1. The second-order valence-electron chi connectivity index (χ2n) is 6.90. The van der Waals surface area contributed by atoms with E-state index in [1.54, 1.807) is 0 Å². The fourth-order valence-electron chi connectivity index (χ4n) is 3.47. The van der Waals surface area contributed by atoms with Gasteiger partial charge in [0, 0.05) is 30.7 Å². The molecule has 152 valence electrons. The van der Waals surface area contributed by atoms with Gasteiger partial charge in [-0.05, 0) is 18.4 Å². The fourth-order valence-corrected chi connectivity index (χ4v) is 4.29. The minimum Gasteiger partial charge on any atom is -0.379 e. The third-order valence-electron chi connectivity index (χ3n) is 4.97. The second kappa shape index (κ2) is 9.39. The Kier molecular flexibility index (Phi) is 6.43. The number of fused-ring (bicyclic) bond motifs is 1. The van der Waals surface area contributed by atoms with Gasteiger partial charge in [0.05, 0.1) is 25.5 Å². The summed E-state index contributed by atoms with van der Waals surface area (Å²) in [4.78, 5) is 14.9. The number of amides is 1. The SMILES string of the molecule is CCn1c(CN2CCOCC2)nnc1SCC(=O)Nc1cccc2ccccc12. The Hall–Kier alpha value is -2.42. The Morgan fingerprint density at radius 3 is 2.76 bits per heavy atom. The van der Waals surface area contributed by atoms with E-state index in [4.69, 9.17) is 4.74 Å². The maximum atomic E-state index is 12.5. The molecule has 1 aliphatic rings. The number of nitrogens with zero attached hydrogens (tertiary/aromatic N) is 4. The van der Waals surface area contributed by atoms with Gasteiger partial charge in [-0.3, -0.25) is 9.69 Å². The number of anilines is 1. The van der Waals surface area contributed by atoms with Crippen LogP contribution in [0.2, 0.25) is 0 Å². The minimum atomic E-state index is -0.0493. The summed E-state index contributed by atoms with van der Waals surface area (Å²) < 4.78 is 7.50. The van der Waals surface area contributed by atoms with Gasteiger partial charge in [-0.1, -0.05) is 48.2 Å². The average Bonchev–Trinajstić information content (AvgIpc) is 3.14. The zero-order valence-electron chi connectivity index (χ0n) is 16.5. The molecule has 0 bridgehead atoms. The number of hydrogen-bond acceptors (Lipinski definition) is 6. The van der Waals surface area contributed by atoms with Gasteiger partial charge >= 0.3 is 0 Å². The van der Waals surface area contributed by atoms with Gasteiger partial charge < -0.3 is 14.6 Å². The first-order valence-corrected chi connectivity index (χ1v) is 10.9. The number of nitrogens with one attached hydrogen (secondary N) is 1. The minimum absolute atomic E-state index is 0.0493. The van der Waals surface area contributed by atoms with Gasteiger partial charge in [-0.2, -0.15) is 0 Å². The standard InChI is InChI=1S/C21H25N5O2S/c1-2-26-19(14-25-10-12-28-13-11-25)23-24-21(26)29-15-20(27)22-18-9-5-7-16-6-3-4-8-17(16)18/h3-9H,2,10-15H2,1H3,(H,22,27). The number of hydrogen-bond donors (Lipinski definition) is 1. The highest BCUT2D eigenvalue weighted by Crippen LogP contribution is 2.24. The molecule has 7 nitrogen and oxygen atoms in total. The van der Waals surface area contributed by atoms with Crippen molar-refractivity contribution >= 4 is 34.1 Å². The molecule has 29 heavy (non-hydrogen) atoms. The van der Waals surface area contributed by atoms with Crippen LogP contribution in [0.5, 0.6) is 0 Å². The van der Waals surface area contributed by atoms with Crippen molar-refractivity contribution < 1.29 is 9.53 Å². The molecule has 2 aromatic carbocycles. The monoisotopic (exact) mass is 411 g/mol. The number of carbonyl (C=O) groups excluding carboxylic acids is 1. The number of rotatable bonds is 7. The molecule has 0 radical (unpaired) electrons. The number of thioether (sulfide) groups is 1. The second-order valence-corrected chi connectivity index (χ2v) is 7.84. The van der Waals surface area contributed by atoms with Gasteiger partial charge in [-0.15, -0.1) is 10.2 Å². The van der Waals surface area contributed by atoms with Gasteiger partial charge in [0.25, 0.3) is 0 Å². The number of ether oxygens (including phenoxy) is 1. The Labute approximate surface area is 174 Å². The molecule has 0 aliphatic carbocycles. The highest BCUT2D eigenvalue weighted by atomic mass is 32.2. The summed E-state index contributed by atoms with van der Waals surface area (Å²) in [5, 5.41) is 14.6. The Morgan fingerprint density at radius 1 is 1.14 bits per heavy atom. The van der Waals surface area contributed by atoms with Crippen molar-refractivity contribution in [3.8, 4) is 0 Å². The lowest BCUT2D eigenvalue weighted by Crippen LogP contribution is -2.36. The van der Waals surface area contributed by atoms with E-state index in [-0.39, 0.29) is 5.91 Å². The van der Waals surface area contributed by atoms with E-state index in [2.05, 4.69) is 31.9 Å². The predicted octanol–water partition coefficient (Wildman–Crippen LogP) is 3.01. The van der Waals surface area contributed by atoms with Crippen LogP contribution in [0.1, 0.15) is 12.7 Å². The summed E-state index contributed by atoms with van der Waals surface area (Å²) in [6, 6.07) is 14.0. The fraction of sp³-hybridized carbons (Fsp3) is 0.381. The summed E-state index contributed by atoms with van der Waals surface area (Å²) in [5.74, 6) is 1.18. The van der Waals surface area contributed by atoms with Crippen LogP contribution in [-0.4, -0.2) is 57.6 Å². The largest absolute Gasteiger partial charge is 0.379 e. The summed E-state index contributed by atoms with van der Waals surface area (Å²) in [5.41, 5.74) is 0.832. The zero-order valence-corrected chi connectivity index (χ0v) is 17.3. The van der Waals surface area contributed by atoms with Crippen LogP contribution in [0.3, 0.4) is 0 Å². The Bertz CT molecular complexity index is 979. The van der Waals surface area contributed by atoms with Crippen molar-refractivity contribution in [3.63, 3.8) is 0 Å². The molecule has 1 amide bonds. The number of carbonyl (C=O) groups is 1. The first-order valence-electron chi connectivity index (χ1n) is 9.87. The third kappa shape index (κ3) is 4.77. The van der Waals surface area contributed by atoms with Gasteiger partial charge in [0.1, 0.15) is 5.82 Å². The third-order valence-corrected chi connectivity index (χ3v) is 5.94. The van der Waals surface area contributed by atoms with Crippen LogP contribution >= 0.6 is 11.8 Å². The van der Waals surface area contributed by atoms with Crippen LogP contribution in [0.25, 0.3) is 10.8 Å². The molecule has 0 spiro atoms. The van der Waals surface area contributed by atoms with E-state index in [9.17, 15) is 4.79 Å². The van der Waals surface area contributed by atoms with Gasteiger partial charge in [0.2, 0.25) is 5.91 Å². The molecule has 1 aromatic heterocycles. The zero-order chi connectivity index (χ0) is 20.1. The van der Waals surface area contributed by atoms with E-state index in [0.29, 0.717) is 5.75 Å². The van der Waals surface area contributed by atoms with Crippen LogP contribution in [-0.2, 0) is 22.6 Å². The molecule has 1 aliphatic heterocycles.